The Morgan fingerprint density at radius 2 is 2.30 bits per heavy atom. The molecule has 0 saturated carbocycles. The molecule has 0 bridgehead atoms. The van der Waals surface area contributed by atoms with Crippen molar-refractivity contribution >= 4 is 34.0 Å². The SMILES string of the molecule is CC(C)N1N=CN(Cl)C1Br. The van der Waals surface area contributed by atoms with Crippen LogP contribution in [0, 0.1) is 0 Å². The Labute approximate surface area is 73.9 Å². The number of hydrogen-bond acceptors (Lipinski definition) is 3. The first-order valence-corrected chi connectivity index (χ1v) is 4.29. The minimum Gasteiger partial charge on any atom is -0.259 e. The van der Waals surface area contributed by atoms with Crippen LogP contribution >= 0.6 is 27.7 Å². The van der Waals surface area contributed by atoms with Crippen molar-refractivity contribution < 1.29 is 0 Å². The Hall–Kier alpha value is 0.0400. The van der Waals surface area contributed by atoms with E-state index in [0.717, 1.165) is 0 Å². The van der Waals surface area contributed by atoms with Crippen molar-refractivity contribution in [3.8, 4) is 0 Å². The van der Waals surface area contributed by atoms with Crippen molar-refractivity contribution in [1.29, 1.82) is 0 Å². The van der Waals surface area contributed by atoms with Crippen LogP contribution in [0.2, 0.25) is 0 Å². The topological polar surface area (TPSA) is 18.8 Å². The number of hydrogen-bond donors (Lipinski definition) is 0. The van der Waals surface area contributed by atoms with E-state index in [4.69, 9.17) is 11.8 Å². The molecule has 0 radical (unpaired) electrons. The Morgan fingerprint density at radius 1 is 1.70 bits per heavy atom. The lowest BCUT2D eigenvalue weighted by Gasteiger charge is -2.24. The highest BCUT2D eigenvalue weighted by Gasteiger charge is 2.25. The molecule has 3 nitrogen and oxygen atoms in total. The minimum atomic E-state index is -0.00540. The first-order chi connectivity index (χ1) is 4.63. The van der Waals surface area contributed by atoms with Crippen LogP contribution in [0.5, 0.6) is 0 Å². The van der Waals surface area contributed by atoms with E-state index in [1.807, 2.05) is 5.01 Å². The molecule has 1 aliphatic rings. The minimum absolute atomic E-state index is 0.00540. The van der Waals surface area contributed by atoms with Gasteiger partial charge < -0.3 is 0 Å². The van der Waals surface area contributed by atoms with E-state index in [-0.39, 0.29) is 5.08 Å². The van der Waals surface area contributed by atoms with E-state index < -0.39 is 0 Å². The molecule has 1 aliphatic heterocycles. The van der Waals surface area contributed by atoms with Gasteiger partial charge in [-0.05, 0) is 29.8 Å². The van der Waals surface area contributed by atoms with Gasteiger partial charge in [-0.1, -0.05) is 0 Å². The molecule has 0 spiro atoms. The monoisotopic (exact) mass is 225 g/mol. The predicted octanol–water partition coefficient (Wildman–Crippen LogP) is 1.79. The van der Waals surface area contributed by atoms with Gasteiger partial charge in [0, 0.05) is 17.8 Å². The van der Waals surface area contributed by atoms with Crippen LogP contribution in [0.15, 0.2) is 5.10 Å². The summed E-state index contributed by atoms with van der Waals surface area (Å²) in [5.41, 5.74) is 0. The fraction of sp³-hybridized carbons (Fsp3) is 0.800. The van der Waals surface area contributed by atoms with Crippen LogP contribution in [0.3, 0.4) is 0 Å². The van der Waals surface area contributed by atoms with Gasteiger partial charge in [-0.2, -0.15) is 5.10 Å². The Kier molecular flexibility index (Phi) is 2.41. The highest BCUT2D eigenvalue weighted by atomic mass is 79.9. The molecule has 1 unspecified atom stereocenters. The van der Waals surface area contributed by atoms with Crippen LogP contribution in [-0.2, 0) is 0 Å². The predicted molar refractivity (Wildman–Crippen MR) is 45.9 cm³/mol. The molecule has 0 aromatic carbocycles. The van der Waals surface area contributed by atoms with Gasteiger partial charge in [0.2, 0.25) is 0 Å². The van der Waals surface area contributed by atoms with Crippen molar-refractivity contribution in [1.82, 2.24) is 9.43 Å². The lowest BCUT2D eigenvalue weighted by atomic mass is 10.4. The molecule has 0 aromatic heterocycles. The summed E-state index contributed by atoms with van der Waals surface area (Å²) in [5.74, 6) is 0. The summed E-state index contributed by atoms with van der Waals surface area (Å²) < 4.78 is 1.49. The fourth-order valence-electron chi connectivity index (χ4n) is 0.711. The number of nitrogens with zero attached hydrogens (tertiary/aromatic N) is 3. The van der Waals surface area contributed by atoms with Gasteiger partial charge in [-0.15, -0.1) is 0 Å². The Morgan fingerprint density at radius 3 is 2.50 bits per heavy atom. The van der Waals surface area contributed by atoms with E-state index >= 15 is 0 Å². The van der Waals surface area contributed by atoms with Gasteiger partial charge in [0.25, 0.3) is 0 Å². The van der Waals surface area contributed by atoms with E-state index in [9.17, 15) is 0 Å². The van der Waals surface area contributed by atoms with Crippen LogP contribution in [-0.4, -0.2) is 26.9 Å². The second-order valence-electron chi connectivity index (χ2n) is 2.36. The molecule has 1 rings (SSSR count). The maximum atomic E-state index is 5.70. The van der Waals surface area contributed by atoms with Crippen molar-refractivity contribution in [3.63, 3.8) is 0 Å². The normalized spacial score (nSPS) is 25.1. The van der Waals surface area contributed by atoms with E-state index in [2.05, 4.69) is 34.9 Å². The maximum absolute atomic E-state index is 5.70. The van der Waals surface area contributed by atoms with Gasteiger partial charge in [-0.25, -0.2) is 4.42 Å². The number of alkyl halides is 1. The number of rotatable bonds is 1. The molecule has 0 fully saturated rings. The van der Waals surface area contributed by atoms with Crippen molar-refractivity contribution in [2.24, 2.45) is 5.10 Å². The summed E-state index contributed by atoms with van der Waals surface area (Å²) in [6.07, 6.45) is 1.58. The summed E-state index contributed by atoms with van der Waals surface area (Å²) >= 11 is 9.06. The third-order valence-corrected chi connectivity index (χ3v) is 2.61. The third kappa shape index (κ3) is 1.37. The molecule has 58 valence electrons. The first-order valence-electron chi connectivity index (χ1n) is 3.03. The fourth-order valence-corrected chi connectivity index (χ4v) is 1.52. The molecule has 1 atom stereocenters. The zero-order chi connectivity index (χ0) is 7.72. The summed E-state index contributed by atoms with van der Waals surface area (Å²) in [6.45, 7) is 4.11. The lowest BCUT2D eigenvalue weighted by Crippen LogP contribution is -2.33. The molecule has 0 aromatic rings. The summed E-state index contributed by atoms with van der Waals surface area (Å²) in [5, 5.41) is 5.92. The van der Waals surface area contributed by atoms with Crippen molar-refractivity contribution in [2.45, 2.75) is 25.0 Å². The molecule has 10 heavy (non-hydrogen) atoms. The Balaban J connectivity index is 2.58. The van der Waals surface area contributed by atoms with E-state index in [1.54, 1.807) is 6.34 Å². The van der Waals surface area contributed by atoms with Gasteiger partial charge in [0.1, 0.15) is 6.34 Å². The van der Waals surface area contributed by atoms with Crippen molar-refractivity contribution in [2.75, 3.05) is 0 Å². The summed E-state index contributed by atoms with van der Waals surface area (Å²) in [6, 6.07) is 0.365. The molecule has 0 amide bonds. The van der Waals surface area contributed by atoms with Gasteiger partial charge >= 0.3 is 0 Å². The van der Waals surface area contributed by atoms with Crippen LogP contribution in [0.4, 0.5) is 0 Å². The highest BCUT2D eigenvalue weighted by molar-refractivity contribution is 9.09. The number of hydrazone groups is 1. The Bertz CT molecular complexity index is 150. The average molecular weight is 227 g/mol. The summed E-state index contributed by atoms with van der Waals surface area (Å²) in [4.78, 5) is 0. The number of halogens is 2. The van der Waals surface area contributed by atoms with Crippen LogP contribution in [0.1, 0.15) is 13.8 Å². The van der Waals surface area contributed by atoms with E-state index in [1.165, 1.54) is 4.42 Å². The van der Waals surface area contributed by atoms with Crippen LogP contribution in [0.25, 0.3) is 0 Å². The third-order valence-electron chi connectivity index (χ3n) is 1.25. The van der Waals surface area contributed by atoms with Gasteiger partial charge in [0.15, 0.2) is 5.08 Å². The first kappa shape index (κ1) is 8.14. The zero-order valence-corrected chi connectivity index (χ0v) is 8.17. The summed E-state index contributed by atoms with van der Waals surface area (Å²) in [7, 11) is 0. The van der Waals surface area contributed by atoms with Crippen molar-refractivity contribution in [3.05, 3.63) is 0 Å². The smallest absolute Gasteiger partial charge is 0.190 e. The lowest BCUT2D eigenvalue weighted by molar-refractivity contribution is 0.205. The molecule has 0 aliphatic carbocycles. The molecular formula is C5H9BrClN3. The standard InChI is InChI=1S/C5H9BrClN3/c1-4(2)10-5(6)9(7)3-8-10/h3-5H,1-2H3. The second-order valence-corrected chi connectivity index (χ2v) is 3.57. The largest absolute Gasteiger partial charge is 0.259 e. The quantitative estimate of drug-likeness (QED) is 0.386. The molecule has 0 saturated heterocycles. The molecule has 1 heterocycles. The molecule has 0 N–H and O–H groups in total. The van der Waals surface area contributed by atoms with Gasteiger partial charge in [-0.3, -0.25) is 5.01 Å². The van der Waals surface area contributed by atoms with Crippen LogP contribution < -0.4 is 0 Å². The zero-order valence-electron chi connectivity index (χ0n) is 5.83. The average Bonchev–Trinajstić information content (AvgIpc) is 2.14. The second kappa shape index (κ2) is 2.96. The van der Waals surface area contributed by atoms with Gasteiger partial charge in [0.05, 0.1) is 0 Å². The maximum Gasteiger partial charge on any atom is 0.190 e. The molecular weight excluding hydrogens is 217 g/mol. The highest BCUT2D eigenvalue weighted by Crippen LogP contribution is 2.21. The van der Waals surface area contributed by atoms with E-state index in [0.29, 0.717) is 6.04 Å². The molecule has 5 heteroatoms.